The number of aryl methyl sites for hydroxylation is 1. The first-order chi connectivity index (χ1) is 8.31. The van der Waals surface area contributed by atoms with Crippen LogP contribution < -0.4 is 5.32 Å². The lowest BCUT2D eigenvalue weighted by Gasteiger charge is -2.04. The Morgan fingerprint density at radius 3 is 3.12 bits per heavy atom. The van der Waals surface area contributed by atoms with Crippen LogP contribution in [0.4, 0.5) is 0 Å². The lowest BCUT2D eigenvalue weighted by molar-refractivity contribution is -0.121. The van der Waals surface area contributed by atoms with Gasteiger partial charge in [-0.3, -0.25) is 4.79 Å². The van der Waals surface area contributed by atoms with Gasteiger partial charge in [0, 0.05) is 13.0 Å². The smallest absolute Gasteiger partial charge is 0.222 e. The zero-order chi connectivity index (χ0) is 12.1. The van der Waals surface area contributed by atoms with Gasteiger partial charge in [-0.05, 0) is 12.1 Å². The summed E-state index contributed by atoms with van der Waals surface area (Å²) in [4.78, 5) is 15.7. The molecule has 2 aromatic rings. The molecule has 0 atom stereocenters. The number of hydrogen-bond acceptors (Lipinski definition) is 2. The summed E-state index contributed by atoms with van der Waals surface area (Å²) in [6.07, 6.45) is 7.22. The number of nitrogens with zero attached hydrogens (tertiary/aromatic N) is 2. The van der Waals surface area contributed by atoms with Crippen molar-refractivity contribution >= 4 is 16.9 Å². The average Bonchev–Trinajstić information content (AvgIpc) is 2.77. The number of benzene rings is 1. The maximum Gasteiger partial charge on any atom is 0.222 e. The van der Waals surface area contributed by atoms with Gasteiger partial charge in [-0.2, -0.15) is 0 Å². The molecule has 86 valence electrons. The molecule has 1 N–H and O–H groups in total. The maximum atomic E-state index is 11.4. The summed E-state index contributed by atoms with van der Waals surface area (Å²) in [5.74, 6) is 2.33. The number of terminal acetylenes is 1. The number of hydrogen-bond donors (Lipinski definition) is 1. The van der Waals surface area contributed by atoms with Gasteiger partial charge in [0.25, 0.3) is 0 Å². The van der Waals surface area contributed by atoms with E-state index in [0.29, 0.717) is 13.0 Å². The van der Waals surface area contributed by atoms with E-state index >= 15 is 0 Å². The van der Waals surface area contributed by atoms with Crippen LogP contribution in [0, 0.1) is 12.3 Å². The molecule has 0 saturated carbocycles. The van der Waals surface area contributed by atoms with Crippen LogP contribution >= 0.6 is 0 Å². The second kappa shape index (κ2) is 5.17. The molecular weight excluding hydrogens is 214 g/mol. The van der Waals surface area contributed by atoms with Gasteiger partial charge in [0.05, 0.1) is 23.9 Å². The molecule has 0 fully saturated rings. The minimum absolute atomic E-state index is 0.0410. The van der Waals surface area contributed by atoms with E-state index < -0.39 is 0 Å². The van der Waals surface area contributed by atoms with E-state index in [2.05, 4.69) is 16.2 Å². The van der Waals surface area contributed by atoms with Gasteiger partial charge in [-0.25, -0.2) is 4.98 Å². The van der Waals surface area contributed by atoms with E-state index in [1.165, 1.54) is 0 Å². The van der Waals surface area contributed by atoms with Crippen LogP contribution in [0.1, 0.15) is 6.42 Å². The van der Waals surface area contributed by atoms with Gasteiger partial charge >= 0.3 is 0 Å². The Bertz CT molecular complexity index is 565. The molecule has 4 heteroatoms. The summed E-state index contributed by atoms with van der Waals surface area (Å²) < 4.78 is 1.96. The molecule has 0 bridgehead atoms. The number of carbonyl (C=O) groups is 1. The minimum Gasteiger partial charge on any atom is -0.345 e. The quantitative estimate of drug-likeness (QED) is 0.797. The number of nitrogens with one attached hydrogen (secondary N) is 1. The minimum atomic E-state index is -0.0410. The highest BCUT2D eigenvalue weighted by Crippen LogP contribution is 2.11. The van der Waals surface area contributed by atoms with Crippen LogP contribution in [0.3, 0.4) is 0 Å². The molecule has 0 radical (unpaired) electrons. The maximum absolute atomic E-state index is 11.4. The van der Waals surface area contributed by atoms with E-state index in [0.717, 1.165) is 11.0 Å². The zero-order valence-corrected chi connectivity index (χ0v) is 9.39. The summed E-state index contributed by atoms with van der Waals surface area (Å²) in [5, 5.41) is 2.63. The van der Waals surface area contributed by atoms with Gasteiger partial charge in [0.1, 0.15) is 0 Å². The summed E-state index contributed by atoms with van der Waals surface area (Å²) >= 11 is 0. The number of amides is 1. The van der Waals surface area contributed by atoms with Gasteiger partial charge in [-0.15, -0.1) is 6.42 Å². The van der Waals surface area contributed by atoms with Crippen LogP contribution in [0.2, 0.25) is 0 Å². The number of carbonyl (C=O) groups excluding carboxylic acids is 1. The first kappa shape index (κ1) is 11.2. The lowest BCUT2D eigenvalue weighted by atomic mass is 10.3. The van der Waals surface area contributed by atoms with E-state index in [4.69, 9.17) is 6.42 Å². The van der Waals surface area contributed by atoms with Crippen molar-refractivity contribution in [1.82, 2.24) is 14.9 Å². The molecule has 0 aliphatic rings. The number of para-hydroxylation sites is 2. The Kier molecular flexibility index (Phi) is 3.41. The van der Waals surface area contributed by atoms with Crippen molar-refractivity contribution in [2.24, 2.45) is 0 Å². The number of imidazole rings is 1. The SMILES string of the molecule is C#CCNC(=O)CCn1cnc2ccccc21. The highest BCUT2D eigenvalue weighted by molar-refractivity contribution is 5.77. The molecule has 0 aliphatic heterocycles. The van der Waals surface area contributed by atoms with Crippen molar-refractivity contribution in [3.05, 3.63) is 30.6 Å². The Hall–Kier alpha value is -2.28. The molecule has 1 aromatic carbocycles. The fourth-order valence-corrected chi connectivity index (χ4v) is 1.65. The molecule has 0 saturated heterocycles. The molecule has 0 aliphatic carbocycles. The molecule has 0 spiro atoms. The molecule has 1 heterocycles. The second-order valence-electron chi connectivity index (χ2n) is 3.66. The summed E-state index contributed by atoms with van der Waals surface area (Å²) in [6, 6.07) is 7.84. The van der Waals surface area contributed by atoms with Crippen molar-refractivity contribution < 1.29 is 4.79 Å². The van der Waals surface area contributed by atoms with Gasteiger partial charge in [0.15, 0.2) is 0 Å². The van der Waals surface area contributed by atoms with Crippen molar-refractivity contribution in [2.75, 3.05) is 6.54 Å². The largest absolute Gasteiger partial charge is 0.345 e. The Morgan fingerprint density at radius 2 is 2.29 bits per heavy atom. The molecule has 4 nitrogen and oxygen atoms in total. The van der Waals surface area contributed by atoms with E-state index in [-0.39, 0.29) is 12.5 Å². The first-order valence-corrected chi connectivity index (χ1v) is 5.41. The van der Waals surface area contributed by atoms with Crippen molar-refractivity contribution in [3.8, 4) is 12.3 Å². The number of fused-ring (bicyclic) bond motifs is 1. The molecule has 1 amide bonds. The molecular formula is C13H13N3O. The van der Waals surface area contributed by atoms with Crippen LogP contribution in [0.25, 0.3) is 11.0 Å². The van der Waals surface area contributed by atoms with E-state index in [1.54, 1.807) is 6.33 Å². The third kappa shape index (κ3) is 2.64. The Morgan fingerprint density at radius 1 is 1.47 bits per heavy atom. The predicted octanol–water partition coefficient (Wildman–Crippen LogP) is 1.18. The second-order valence-corrected chi connectivity index (χ2v) is 3.66. The van der Waals surface area contributed by atoms with Gasteiger partial charge in [0.2, 0.25) is 5.91 Å². The number of aromatic nitrogens is 2. The summed E-state index contributed by atoms with van der Waals surface area (Å²) in [6.45, 7) is 0.889. The number of rotatable bonds is 4. The predicted molar refractivity (Wildman–Crippen MR) is 66.2 cm³/mol. The standard InChI is InChI=1S/C13H13N3O/c1-2-8-14-13(17)7-9-16-10-15-11-5-3-4-6-12(11)16/h1,3-6,10H,7-9H2,(H,14,17). The Labute approximate surface area is 99.7 Å². The van der Waals surface area contributed by atoms with Crippen LogP contribution in [-0.2, 0) is 11.3 Å². The topological polar surface area (TPSA) is 46.9 Å². The van der Waals surface area contributed by atoms with Crippen molar-refractivity contribution in [1.29, 1.82) is 0 Å². The van der Waals surface area contributed by atoms with Crippen LogP contribution in [0.15, 0.2) is 30.6 Å². The fourth-order valence-electron chi connectivity index (χ4n) is 1.65. The molecule has 2 rings (SSSR count). The highest BCUT2D eigenvalue weighted by atomic mass is 16.1. The fraction of sp³-hybridized carbons (Fsp3) is 0.231. The average molecular weight is 227 g/mol. The van der Waals surface area contributed by atoms with E-state index in [9.17, 15) is 4.79 Å². The third-order valence-electron chi connectivity index (χ3n) is 2.49. The van der Waals surface area contributed by atoms with Gasteiger partial charge < -0.3 is 9.88 Å². The third-order valence-corrected chi connectivity index (χ3v) is 2.49. The zero-order valence-electron chi connectivity index (χ0n) is 9.39. The van der Waals surface area contributed by atoms with Crippen LogP contribution in [-0.4, -0.2) is 22.0 Å². The van der Waals surface area contributed by atoms with Crippen LogP contribution in [0.5, 0.6) is 0 Å². The van der Waals surface area contributed by atoms with Crippen molar-refractivity contribution in [3.63, 3.8) is 0 Å². The molecule has 0 unspecified atom stereocenters. The monoisotopic (exact) mass is 227 g/mol. The summed E-state index contributed by atoms with van der Waals surface area (Å²) in [5.41, 5.74) is 1.98. The first-order valence-electron chi connectivity index (χ1n) is 5.41. The molecule has 1 aromatic heterocycles. The normalized spacial score (nSPS) is 10.1. The molecule has 17 heavy (non-hydrogen) atoms. The summed E-state index contributed by atoms with van der Waals surface area (Å²) in [7, 11) is 0. The van der Waals surface area contributed by atoms with Gasteiger partial charge in [-0.1, -0.05) is 18.1 Å². The highest BCUT2D eigenvalue weighted by Gasteiger charge is 2.04. The Balaban J connectivity index is 2.00. The lowest BCUT2D eigenvalue weighted by Crippen LogP contribution is -2.24. The van der Waals surface area contributed by atoms with E-state index in [1.807, 2.05) is 28.8 Å². The van der Waals surface area contributed by atoms with Crippen molar-refractivity contribution in [2.45, 2.75) is 13.0 Å².